The zero-order chi connectivity index (χ0) is 14.3. The summed E-state index contributed by atoms with van der Waals surface area (Å²) in [5.74, 6) is 0.475. The normalized spacial score (nSPS) is 11.3. The maximum absolute atomic E-state index is 11.2. The Kier molecular flexibility index (Phi) is 3.23. The van der Waals surface area contributed by atoms with Crippen molar-refractivity contribution in [2.24, 2.45) is 7.05 Å². The molecule has 0 bridgehead atoms. The van der Waals surface area contributed by atoms with Gasteiger partial charge < -0.3 is 14.3 Å². The molecule has 0 fully saturated rings. The van der Waals surface area contributed by atoms with E-state index in [0.29, 0.717) is 17.6 Å². The smallest absolute Gasteiger partial charge is 0.408 e. The van der Waals surface area contributed by atoms with Gasteiger partial charge in [-0.25, -0.2) is 9.78 Å². The van der Waals surface area contributed by atoms with Crippen LogP contribution in [0.25, 0.3) is 22.4 Å². The minimum absolute atomic E-state index is 0.451. The number of imidazole rings is 1. The lowest BCUT2D eigenvalue weighted by molar-refractivity contribution is 0.555. The van der Waals surface area contributed by atoms with E-state index in [4.69, 9.17) is 4.42 Å². The highest BCUT2D eigenvalue weighted by atomic mass is 79.9. The van der Waals surface area contributed by atoms with Crippen LogP contribution in [-0.4, -0.2) is 21.6 Å². The van der Waals surface area contributed by atoms with Crippen LogP contribution in [0.5, 0.6) is 0 Å². The fourth-order valence-corrected chi connectivity index (χ4v) is 2.64. The van der Waals surface area contributed by atoms with E-state index in [2.05, 4.69) is 31.2 Å². The molecule has 104 valence electrons. The second-order valence-corrected chi connectivity index (χ2v) is 5.23. The van der Waals surface area contributed by atoms with Crippen molar-refractivity contribution in [3.8, 4) is 11.3 Å². The number of benzene rings is 1. The van der Waals surface area contributed by atoms with Gasteiger partial charge in [-0.05, 0) is 41.2 Å². The third-order valence-corrected chi connectivity index (χ3v) is 4.05. The summed E-state index contributed by atoms with van der Waals surface area (Å²) in [5.41, 5.74) is 2.96. The second-order valence-electron chi connectivity index (χ2n) is 4.48. The van der Waals surface area contributed by atoms with Crippen LogP contribution in [0, 0.1) is 0 Å². The van der Waals surface area contributed by atoms with E-state index in [1.165, 1.54) is 0 Å². The fraction of sp³-hybridized carbons (Fsp3) is 0.231. The molecule has 2 aromatic heterocycles. The first-order valence-corrected chi connectivity index (χ1v) is 6.88. The largest absolute Gasteiger partial charge is 0.417 e. The number of hydrogen-bond acceptors (Lipinski definition) is 4. The van der Waals surface area contributed by atoms with Crippen molar-refractivity contribution in [2.45, 2.75) is 6.54 Å². The van der Waals surface area contributed by atoms with Crippen LogP contribution < -0.4 is 11.1 Å². The van der Waals surface area contributed by atoms with Crippen LogP contribution in [0.3, 0.4) is 0 Å². The van der Waals surface area contributed by atoms with Crippen molar-refractivity contribution in [3.63, 3.8) is 0 Å². The third-order valence-electron chi connectivity index (χ3n) is 3.15. The monoisotopic (exact) mass is 336 g/mol. The molecule has 2 N–H and O–H groups in total. The summed E-state index contributed by atoms with van der Waals surface area (Å²) in [4.78, 5) is 18.5. The summed E-state index contributed by atoms with van der Waals surface area (Å²) in [6, 6.07) is 5.51. The molecule has 3 rings (SSSR count). The highest BCUT2D eigenvalue weighted by Crippen LogP contribution is 2.29. The molecular formula is C13H13BrN4O2. The van der Waals surface area contributed by atoms with Gasteiger partial charge in [0.2, 0.25) is 0 Å². The molecule has 3 aromatic rings. The van der Waals surface area contributed by atoms with E-state index in [-0.39, 0.29) is 0 Å². The van der Waals surface area contributed by atoms with Crippen molar-refractivity contribution in [1.29, 1.82) is 0 Å². The zero-order valence-corrected chi connectivity index (χ0v) is 12.6. The first-order valence-electron chi connectivity index (χ1n) is 6.09. The number of fused-ring (bicyclic) bond motifs is 1. The minimum Gasteiger partial charge on any atom is -0.408 e. The summed E-state index contributed by atoms with van der Waals surface area (Å²) < 4.78 is 7.87. The van der Waals surface area contributed by atoms with Gasteiger partial charge in [0.1, 0.15) is 16.1 Å². The summed E-state index contributed by atoms with van der Waals surface area (Å²) in [5, 5.41) is 3.08. The average molecular weight is 337 g/mol. The molecule has 0 aliphatic rings. The molecule has 0 amide bonds. The van der Waals surface area contributed by atoms with Crippen LogP contribution in [0.15, 0.2) is 32.0 Å². The Balaban J connectivity index is 2.14. The van der Waals surface area contributed by atoms with E-state index in [1.54, 1.807) is 6.07 Å². The number of H-pyrrole nitrogens is 1. The molecule has 0 saturated carbocycles. The predicted octanol–water partition coefficient (Wildman–Crippen LogP) is 2.00. The van der Waals surface area contributed by atoms with Crippen molar-refractivity contribution >= 4 is 27.0 Å². The van der Waals surface area contributed by atoms with E-state index in [1.807, 2.05) is 30.8 Å². The molecule has 0 spiro atoms. The quantitative estimate of drug-likeness (QED) is 0.767. The number of nitrogens with one attached hydrogen (secondary N) is 2. The van der Waals surface area contributed by atoms with Crippen LogP contribution in [0.2, 0.25) is 0 Å². The highest BCUT2D eigenvalue weighted by molar-refractivity contribution is 9.10. The van der Waals surface area contributed by atoms with E-state index >= 15 is 0 Å². The Hall–Kier alpha value is -1.86. The first kappa shape index (κ1) is 13.1. The van der Waals surface area contributed by atoms with Gasteiger partial charge in [0, 0.05) is 12.6 Å². The lowest BCUT2D eigenvalue weighted by Crippen LogP contribution is -2.10. The maximum Gasteiger partial charge on any atom is 0.417 e. The van der Waals surface area contributed by atoms with Gasteiger partial charge in [0.05, 0.1) is 12.1 Å². The van der Waals surface area contributed by atoms with E-state index in [0.717, 1.165) is 21.7 Å². The number of hydrogen-bond donors (Lipinski definition) is 2. The Morgan fingerprint density at radius 1 is 1.50 bits per heavy atom. The van der Waals surface area contributed by atoms with Gasteiger partial charge in [-0.3, -0.25) is 4.98 Å². The fourth-order valence-electron chi connectivity index (χ4n) is 2.12. The molecule has 0 radical (unpaired) electrons. The lowest BCUT2D eigenvalue weighted by Gasteiger charge is -2.00. The van der Waals surface area contributed by atoms with Crippen LogP contribution >= 0.6 is 15.9 Å². The van der Waals surface area contributed by atoms with Gasteiger partial charge >= 0.3 is 5.76 Å². The molecule has 20 heavy (non-hydrogen) atoms. The van der Waals surface area contributed by atoms with Crippen molar-refractivity contribution < 1.29 is 4.42 Å². The Morgan fingerprint density at radius 2 is 2.30 bits per heavy atom. The maximum atomic E-state index is 11.2. The third kappa shape index (κ3) is 2.08. The molecule has 0 aliphatic carbocycles. The summed E-state index contributed by atoms with van der Waals surface area (Å²) in [7, 11) is 3.83. The van der Waals surface area contributed by atoms with Crippen LogP contribution in [-0.2, 0) is 13.6 Å². The van der Waals surface area contributed by atoms with Crippen molar-refractivity contribution in [2.75, 3.05) is 7.05 Å². The standard InChI is InChI=1S/C13H13BrN4O2/c1-15-6-10-17-11(12(14)18(10)2)7-3-4-9-8(5-7)16-13(19)20-9/h3-5,15H,6H2,1-2H3,(H,16,19). The molecule has 2 heterocycles. The van der Waals surface area contributed by atoms with E-state index in [9.17, 15) is 4.79 Å². The first-order chi connectivity index (χ1) is 9.60. The van der Waals surface area contributed by atoms with E-state index < -0.39 is 5.76 Å². The molecule has 0 atom stereocenters. The summed E-state index contributed by atoms with van der Waals surface area (Å²) >= 11 is 3.55. The number of oxazole rings is 1. The zero-order valence-electron chi connectivity index (χ0n) is 11.0. The number of nitrogens with zero attached hydrogens (tertiary/aromatic N) is 2. The van der Waals surface area contributed by atoms with Gasteiger partial charge in [0.25, 0.3) is 0 Å². The minimum atomic E-state index is -0.451. The number of rotatable bonds is 3. The molecule has 0 aliphatic heterocycles. The molecule has 7 heteroatoms. The molecule has 1 aromatic carbocycles. The van der Waals surface area contributed by atoms with Gasteiger partial charge in [0.15, 0.2) is 5.58 Å². The summed E-state index contributed by atoms with van der Waals surface area (Å²) in [6.45, 7) is 0.680. The number of aromatic nitrogens is 3. The predicted molar refractivity (Wildman–Crippen MR) is 79.5 cm³/mol. The Bertz CT molecular complexity index is 831. The topological polar surface area (TPSA) is 75.8 Å². The summed E-state index contributed by atoms with van der Waals surface area (Å²) in [6.07, 6.45) is 0. The molecule has 0 unspecified atom stereocenters. The number of aromatic amines is 1. The molecule has 6 nitrogen and oxygen atoms in total. The number of halogens is 1. The Morgan fingerprint density at radius 3 is 3.05 bits per heavy atom. The SMILES string of the molecule is CNCc1nc(-c2ccc3oc(=O)[nH]c3c2)c(Br)n1C. The average Bonchev–Trinajstić information content (AvgIpc) is 2.92. The van der Waals surface area contributed by atoms with Gasteiger partial charge in [-0.2, -0.15) is 0 Å². The lowest BCUT2D eigenvalue weighted by atomic mass is 10.1. The highest BCUT2D eigenvalue weighted by Gasteiger charge is 2.14. The van der Waals surface area contributed by atoms with Gasteiger partial charge in [-0.1, -0.05) is 0 Å². The van der Waals surface area contributed by atoms with Crippen molar-refractivity contribution in [1.82, 2.24) is 19.9 Å². The van der Waals surface area contributed by atoms with Gasteiger partial charge in [-0.15, -0.1) is 0 Å². The van der Waals surface area contributed by atoms with Crippen molar-refractivity contribution in [3.05, 3.63) is 39.2 Å². The second kappa shape index (κ2) is 4.92. The molecular weight excluding hydrogens is 324 g/mol. The van der Waals surface area contributed by atoms with Crippen LogP contribution in [0.1, 0.15) is 5.82 Å². The van der Waals surface area contributed by atoms with Crippen LogP contribution in [0.4, 0.5) is 0 Å². The Labute approximate surface area is 122 Å². The molecule has 0 saturated heterocycles.